The van der Waals surface area contributed by atoms with Gasteiger partial charge in [0.2, 0.25) is 5.91 Å². The van der Waals surface area contributed by atoms with E-state index in [4.69, 9.17) is 4.98 Å². The maximum absolute atomic E-state index is 12.5. The molecule has 1 saturated heterocycles. The molecule has 0 bridgehead atoms. The number of likely N-dealkylation sites (tertiary alicyclic amines) is 1. The molecule has 1 fully saturated rings. The molecule has 3 aromatic rings. The maximum atomic E-state index is 12.5. The van der Waals surface area contributed by atoms with Crippen molar-refractivity contribution >= 4 is 16.9 Å². The summed E-state index contributed by atoms with van der Waals surface area (Å²) < 4.78 is 2.17. The van der Waals surface area contributed by atoms with Gasteiger partial charge in [-0.2, -0.15) is 0 Å². The number of rotatable bonds is 6. The third-order valence-corrected chi connectivity index (χ3v) is 5.54. The molecule has 1 atom stereocenters. The van der Waals surface area contributed by atoms with E-state index in [-0.39, 0.29) is 11.9 Å². The second kappa shape index (κ2) is 8.15. The number of amides is 1. The first-order chi connectivity index (χ1) is 13.6. The lowest BCUT2D eigenvalue weighted by atomic mass is 10.2. The molecule has 5 nitrogen and oxygen atoms in total. The predicted octanol–water partition coefficient (Wildman–Crippen LogP) is 3.56. The first-order valence-electron chi connectivity index (χ1n) is 10.2. The summed E-state index contributed by atoms with van der Waals surface area (Å²) in [7, 11) is 0. The van der Waals surface area contributed by atoms with Crippen molar-refractivity contribution in [2.45, 2.75) is 45.2 Å². The van der Waals surface area contributed by atoms with Crippen molar-refractivity contribution in [3.63, 3.8) is 0 Å². The van der Waals surface area contributed by atoms with Crippen LogP contribution in [0.15, 0.2) is 54.6 Å². The summed E-state index contributed by atoms with van der Waals surface area (Å²) >= 11 is 0. The topological polar surface area (TPSA) is 50.2 Å². The highest BCUT2D eigenvalue weighted by Gasteiger charge is 2.25. The summed E-state index contributed by atoms with van der Waals surface area (Å²) in [5, 5.41) is 3.21. The molecule has 1 amide bonds. The van der Waals surface area contributed by atoms with Gasteiger partial charge in [-0.05, 0) is 44.5 Å². The molecule has 1 aromatic heterocycles. The van der Waals surface area contributed by atoms with Crippen LogP contribution in [-0.4, -0.2) is 45.5 Å². The van der Waals surface area contributed by atoms with Gasteiger partial charge in [-0.1, -0.05) is 30.3 Å². The molecule has 1 N–H and O–H groups in total. The molecule has 0 saturated carbocycles. The zero-order valence-corrected chi connectivity index (χ0v) is 16.6. The Morgan fingerprint density at radius 1 is 1.14 bits per heavy atom. The minimum Gasteiger partial charge on any atom is -0.352 e. The third-order valence-electron chi connectivity index (χ3n) is 5.54. The van der Waals surface area contributed by atoms with E-state index >= 15 is 0 Å². The number of hydrogen-bond acceptors (Lipinski definition) is 3. The molecule has 1 aliphatic rings. The lowest BCUT2D eigenvalue weighted by Gasteiger charge is -2.20. The Balaban J connectivity index is 1.47. The molecule has 5 heteroatoms. The zero-order valence-electron chi connectivity index (χ0n) is 16.6. The highest BCUT2D eigenvalue weighted by molar-refractivity contribution is 5.79. The van der Waals surface area contributed by atoms with Gasteiger partial charge in [-0.3, -0.25) is 14.3 Å². The molecule has 0 radical (unpaired) electrons. The van der Waals surface area contributed by atoms with E-state index in [1.165, 1.54) is 0 Å². The molecule has 0 aliphatic carbocycles. The van der Waals surface area contributed by atoms with Crippen LogP contribution in [0.25, 0.3) is 16.7 Å². The number of nitrogens with zero attached hydrogens (tertiary/aromatic N) is 3. The van der Waals surface area contributed by atoms with E-state index in [0.29, 0.717) is 18.9 Å². The SMILES string of the molecule is CC(C)N1CCC(NC(=O)CCc2nc3ccccc3n2-c2ccccc2)C1. The number of carbonyl (C=O) groups is 1. The summed E-state index contributed by atoms with van der Waals surface area (Å²) in [6.45, 7) is 6.43. The van der Waals surface area contributed by atoms with Gasteiger partial charge in [0.25, 0.3) is 0 Å². The van der Waals surface area contributed by atoms with Crippen LogP contribution in [0.4, 0.5) is 0 Å². The van der Waals surface area contributed by atoms with E-state index < -0.39 is 0 Å². The van der Waals surface area contributed by atoms with Crippen molar-refractivity contribution in [2.75, 3.05) is 13.1 Å². The molecule has 1 unspecified atom stereocenters. The highest BCUT2D eigenvalue weighted by atomic mass is 16.1. The molecule has 2 heterocycles. The van der Waals surface area contributed by atoms with E-state index in [1.807, 2.05) is 36.4 Å². The summed E-state index contributed by atoms with van der Waals surface area (Å²) in [5.74, 6) is 1.04. The average Bonchev–Trinajstić information content (AvgIpc) is 3.31. The van der Waals surface area contributed by atoms with Gasteiger partial charge in [0.1, 0.15) is 5.82 Å². The largest absolute Gasteiger partial charge is 0.352 e. The van der Waals surface area contributed by atoms with E-state index in [0.717, 1.165) is 42.1 Å². The second-order valence-corrected chi connectivity index (χ2v) is 7.83. The number of fused-ring (bicyclic) bond motifs is 1. The quantitative estimate of drug-likeness (QED) is 0.716. The summed E-state index contributed by atoms with van der Waals surface area (Å²) in [5.41, 5.74) is 3.12. The minimum atomic E-state index is 0.113. The minimum absolute atomic E-state index is 0.113. The molecule has 146 valence electrons. The van der Waals surface area contributed by atoms with Crippen LogP contribution in [0.3, 0.4) is 0 Å². The van der Waals surface area contributed by atoms with Crippen LogP contribution in [0.2, 0.25) is 0 Å². The number of aryl methyl sites for hydroxylation is 1. The number of aromatic nitrogens is 2. The predicted molar refractivity (Wildman–Crippen MR) is 113 cm³/mol. The number of benzene rings is 2. The fourth-order valence-electron chi connectivity index (χ4n) is 4.01. The molecule has 0 spiro atoms. The van der Waals surface area contributed by atoms with Crippen LogP contribution in [0, 0.1) is 0 Å². The Hall–Kier alpha value is -2.66. The van der Waals surface area contributed by atoms with Crippen molar-refractivity contribution in [3.05, 3.63) is 60.4 Å². The zero-order chi connectivity index (χ0) is 19.5. The van der Waals surface area contributed by atoms with Gasteiger partial charge in [0, 0.05) is 43.7 Å². The standard InChI is InChI=1S/C23H28N4O/c1-17(2)26-15-14-18(16-26)24-23(28)13-12-22-25-20-10-6-7-11-21(20)27(22)19-8-4-3-5-9-19/h3-11,17-18H,12-16H2,1-2H3,(H,24,28). The first kappa shape index (κ1) is 18.7. The fourth-order valence-corrected chi connectivity index (χ4v) is 4.01. The summed E-state index contributed by atoms with van der Waals surface area (Å²) in [6, 6.07) is 19.2. The number of hydrogen-bond donors (Lipinski definition) is 1. The molecule has 28 heavy (non-hydrogen) atoms. The van der Waals surface area contributed by atoms with Crippen LogP contribution in [0.1, 0.15) is 32.5 Å². The first-order valence-corrected chi connectivity index (χ1v) is 10.2. The van der Waals surface area contributed by atoms with E-state index in [1.54, 1.807) is 0 Å². The Kier molecular flexibility index (Phi) is 5.44. The fraction of sp³-hybridized carbons (Fsp3) is 0.391. The molecular formula is C23H28N4O. The van der Waals surface area contributed by atoms with Crippen molar-refractivity contribution < 1.29 is 4.79 Å². The van der Waals surface area contributed by atoms with Gasteiger partial charge in [-0.25, -0.2) is 4.98 Å². The maximum Gasteiger partial charge on any atom is 0.220 e. The number of para-hydroxylation sites is 3. The van der Waals surface area contributed by atoms with Crippen molar-refractivity contribution in [1.82, 2.24) is 19.8 Å². The third kappa shape index (κ3) is 3.94. The Labute approximate surface area is 166 Å². The smallest absolute Gasteiger partial charge is 0.220 e. The summed E-state index contributed by atoms with van der Waals surface area (Å²) in [6.07, 6.45) is 2.11. The number of carbonyl (C=O) groups excluding carboxylic acids is 1. The molecule has 2 aromatic carbocycles. The Morgan fingerprint density at radius 3 is 2.64 bits per heavy atom. The van der Waals surface area contributed by atoms with Gasteiger partial charge >= 0.3 is 0 Å². The van der Waals surface area contributed by atoms with Gasteiger partial charge in [-0.15, -0.1) is 0 Å². The molecule has 4 rings (SSSR count). The van der Waals surface area contributed by atoms with Crippen LogP contribution < -0.4 is 5.32 Å². The molecular weight excluding hydrogens is 348 g/mol. The van der Waals surface area contributed by atoms with Gasteiger partial charge < -0.3 is 5.32 Å². The lowest BCUT2D eigenvalue weighted by molar-refractivity contribution is -0.121. The average molecular weight is 377 g/mol. The van der Waals surface area contributed by atoms with E-state index in [9.17, 15) is 4.79 Å². The van der Waals surface area contributed by atoms with Crippen LogP contribution in [-0.2, 0) is 11.2 Å². The van der Waals surface area contributed by atoms with Crippen molar-refractivity contribution in [2.24, 2.45) is 0 Å². The number of imidazole rings is 1. The monoisotopic (exact) mass is 376 g/mol. The van der Waals surface area contributed by atoms with E-state index in [2.05, 4.69) is 46.8 Å². The normalized spacial score (nSPS) is 17.5. The Bertz CT molecular complexity index is 948. The van der Waals surface area contributed by atoms with Crippen molar-refractivity contribution in [3.8, 4) is 5.69 Å². The Morgan fingerprint density at radius 2 is 1.89 bits per heavy atom. The second-order valence-electron chi connectivity index (χ2n) is 7.83. The summed E-state index contributed by atoms with van der Waals surface area (Å²) in [4.78, 5) is 19.8. The van der Waals surface area contributed by atoms with Crippen molar-refractivity contribution in [1.29, 1.82) is 0 Å². The lowest BCUT2D eigenvalue weighted by Crippen LogP contribution is -2.38. The highest BCUT2D eigenvalue weighted by Crippen LogP contribution is 2.22. The van der Waals surface area contributed by atoms with Crippen LogP contribution >= 0.6 is 0 Å². The molecule has 1 aliphatic heterocycles. The van der Waals surface area contributed by atoms with Gasteiger partial charge in [0.15, 0.2) is 0 Å². The van der Waals surface area contributed by atoms with Crippen LogP contribution in [0.5, 0.6) is 0 Å². The number of nitrogens with one attached hydrogen (secondary N) is 1. The van der Waals surface area contributed by atoms with Gasteiger partial charge in [0.05, 0.1) is 11.0 Å².